The molecule has 4 N–H and O–H groups in total. The number of para-hydroxylation sites is 1. The predicted molar refractivity (Wildman–Crippen MR) is 120 cm³/mol. The summed E-state index contributed by atoms with van der Waals surface area (Å²) < 4.78 is 0. The molecule has 34 heavy (non-hydrogen) atoms. The molecule has 0 unspecified atom stereocenters. The molecular formula is C18H12Cl2N8O6. The van der Waals surface area contributed by atoms with Gasteiger partial charge in [0.05, 0.1) is 20.4 Å². The van der Waals surface area contributed by atoms with Gasteiger partial charge in [-0.3, -0.25) is 51.5 Å². The third-order valence-electron chi connectivity index (χ3n) is 4.11. The lowest BCUT2D eigenvalue weighted by Crippen LogP contribution is -2.32. The first-order valence-electron chi connectivity index (χ1n) is 8.99. The number of carbonyl (C=O) groups is 2. The Bertz CT molecular complexity index is 1310. The van der Waals surface area contributed by atoms with Crippen LogP contribution in [0.5, 0.6) is 0 Å². The van der Waals surface area contributed by atoms with Gasteiger partial charge in [0.2, 0.25) is 11.6 Å². The van der Waals surface area contributed by atoms with Crippen molar-refractivity contribution in [2.75, 3.05) is 10.9 Å². The minimum Gasteiger partial charge on any atom is -0.276 e. The molecule has 174 valence electrons. The Balaban J connectivity index is 1.77. The molecule has 0 spiro atoms. The van der Waals surface area contributed by atoms with Crippen LogP contribution in [-0.2, 0) is 0 Å². The fourth-order valence-corrected chi connectivity index (χ4v) is 3.09. The van der Waals surface area contributed by atoms with Gasteiger partial charge in [0, 0.05) is 11.1 Å². The van der Waals surface area contributed by atoms with Crippen molar-refractivity contribution in [3.63, 3.8) is 0 Å². The Morgan fingerprint density at radius 1 is 0.824 bits per heavy atom. The number of anilines is 2. The molecule has 2 amide bonds. The standard InChI is InChI=1S/C18H12Cl2N8O6/c19-9-5-6-10(12(20)7-9)17(29)25-23-15-14(28(33)34)16(22-8-21-15)24-26-18(30)11-3-1-2-4-13(11)27(31)32/h1-8H,(H,25,29)(H,26,30)(H2,21,22,23,24). The summed E-state index contributed by atoms with van der Waals surface area (Å²) in [6.45, 7) is 0. The van der Waals surface area contributed by atoms with Crippen molar-refractivity contribution in [3.05, 3.63) is 90.2 Å². The second kappa shape index (κ2) is 10.4. The molecule has 0 radical (unpaired) electrons. The molecule has 0 atom stereocenters. The van der Waals surface area contributed by atoms with Crippen LogP contribution in [0, 0.1) is 20.2 Å². The second-order valence-electron chi connectivity index (χ2n) is 6.23. The number of hydrazine groups is 2. The number of hydrogen-bond donors (Lipinski definition) is 4. The van der Waals surface area contributed by atoms with E-state index in [1.165, 1.54) is 36.4 Å². The van der Waals surface area contributed by atoms with Gasteiger partial charge >= 0.3 is 5.69 Å². The molecule has 3 rings (SSSR count). The zero-order valence-corrected chi connectivity index (χ0v) is 18.1. The molecule has 2 aromatic carbocycles. The number of carbonyl (C=O) groups excluding carboxylic acids is 2. The lowest BCUT2D eigenvalue weighted by atomic mass is 10.2. The predicted octanol–water partition coefficient (Wildman–Crippen LogP) is 3.11. The van der Waals surface area contributed by atoms with Crippen LogP contribution in [0.2, 0.25) is 10.0 Å². The van der Waals surface area contributed by atoms with Crippen LogP contribution in [0.25, 0.3) is 0 Å². The Morgan fingerprint density at radius 2 is 1.41 bits per heavy atom. The van der Waals surface area contributed by atoms with Crippen molar-refractivity contribution >= 4 is 58.0 Å². The van der Waals surface area contributed by atoms with Crippen molar-refractivity contribution < 1.29 is 19.4 Å². The first-order valence-corrected chi connectivity index (χ1v) is 9.75. The van der Waals surface area contributed by atoms with Crippen LogP contribution >= 0.6 is 23.2 Å². The first kappa shape index (κ1) is 24.1. The van der Waals surface area contributed by atoms with Crippen molar-refractivity contribution in [3.8, 4) is 0 Å². The van der Waals surface area contributed by atoms with Crippen LogP contribution in [0.15, 0.2) is 48.8 Å². The minimum atomic E-state index is -0.944. The van der Waals surface area contributed by atoms with E-state index in [0.29, 0.717) is 5.02 Å². The van der Waals surface area contributed by atoms with E-state index in [0.717, 1.165) is 12.4 Å². The molecule has 14 nitrogen and oxygen atoms in total. The van der Waals surface area contributed by atoms with Crippen LogP contribution in [0.1, 0.15) is 20.7 Å². The van der Waals surface area contributed by atoms with Crippen LogP contribution in [0.3, 0.4) is 0 Å². The molecule has 1 heterocycles. The summed E-state index contributed by atoms with van der Waals surface area (Å²) in [6, 6.07) is 9.23. The number of aromatic nitrogens is 2. The van der Waals surface area contributed by atoms with E-state index in [4.69, 9.17) is 23.2 Å². The van der Waals surface area contributed by atoms with Crippen molar-refractivity contribution in [2.45, 2.75) is 0 Å². The van der Waals surface area contributed by atoms with E-state index >= 15 is 0 Å². The number of benzene rings is 2. The number of nitrogens with zero attached hydrogens (tertiary/aromatic N) is 4. The fraction of sp³-hybridized carbons (Fsp3) is 0. The molecule has 1 aromatic heterocycles. The molecule has 0 bridgehead atoms. The topological polar surface area (TPSA) is 194 Å². The highest BCUT2D eigenvalue weighted by molar-refractivity contribution is 6.36. The van der Waals surface area contributed by atoms with Crippen LogP contribution < -0.4 is 21.7 Å². The summed E-state index contributed by atoms with van der Waals surface area (Å²) in [4.78, 5) is 53.2. The Labute approximate surface area is 199 Å². The van der Waals surface area contributed by atoms with E-state index in [-0.39, 0.29) is 16.1 Å². The number of nitro benzene ring substituents is 1. The lowest BCUT2D eigenvalue weighted by Gasteiger charge is -2.12. The van der Waals surface area contributed by atoms with E-state index in [2.05, 4.69) is 31.7 Å². The zero-order valence-electron chi connectivity index (χ0n) is 16.6. The van der Waals surface area contributed by atoms with Gasteiger partial charge in [0.15, 0.2) is 0 Å². The van der Waals surface area contributed by atoms with E-state index in [1.54, 1.807) is 0 Å². The monoisotopic (exact) mass is 506 g/mol. The fourth-order valence-electron chi connectivity index (χ4n) is 2.60. The van der Waals surface area contributed by atoms with Crippen LogP contribution in [0.4, 0.5) is 23.0 Å². The summed E-state index contributed by atoms with van der Waals surface area (Å²) in [5.41, 5.74) is 7.37. The van der Waals surface area contributed by atoms with Gasteiger partial charge in [0.1, 0.15) is 11.9 Å². The molecule has 0 aliphatic heterocycles. The zero-order chi connectivity index (χ0) is 24.8. The van der Waals surface area contributed by atoms with E-state index < -0.39 is 44.7 Å². The highest BCUT2D eigenvalue weighted by Crippen LogP contribution is 2.28. The normalized spacial score (nSPS) is 10.2. The largest absolute Gasteiger partial charge is 0.356 e. The molecule has 0 aliphatic rings. The summed E-state index contributed by atoms with van der Waals surface area (Å²) in [6.07, 6.45) is 0.913. The number of amides is 2. The smallest absolute Gasteiger partial charge is 0.276 e. The van der Waals surface area contributed by atoms with Gasteiger partial charge in [-0.15, -0.1) is 0 Å². The maximum Gasteiger partial charge on any atom is 0.356 e. The van der Waals surface area contributed by atoms with Crippen molar-refractivity contribution in [2.24, 2.45) is 0 Å². The lowest BCUT2D eigenvalue weighted by molar-refractivity contribution is -0.385. The Hall–Kier alpha value is -4.56. The first-order chi connectivity index (χ1) is 16.2. The van der Waals surface area contributed by atoms with E-state index in [1.807, 2.05) is 0 Å². The number of nitrogens with one attached hydrogen (secondary N) is 4. The molecule has 16 heteroatoms. The highest BCUT2D eigenvalue weighted by Gasteiger charge is 2.25. The number of halogens is 2. The third kappa shape index (κ3) is 5.43. The maximum atomic E-state index is 12.4. The molecular weight excluding hydrogens is 495 g/mol. The van der Waals surface area contributed by atoms with Gasteiger partial charge in [0.25, 0.3) is 17.5 Å². The van der Waals surface area contributed by atoms with Gasteiger partial charge in [-0.1, -0.05) is 35.3 Å². The number of rotatable bonds is 8. The molecule has 0 saturated carbocycles. The summed E-state index contributed by atoms with van der Waals surface area (Å²) in [5, 5.41) is 23.0. The second-order valence-corrected chi connectivity index (χ2v) is 7.08. The van der Waals surface area contributed by atoms with E-state index in [9.17, 15) is 29.8 Å². The number of hydrogen-bond acceptors (Lipinski definition) is 10. The Morgan fingerprint density at radius 3 is 1.97 bits per heavy atom. The average Bonchev–Trinajstić information content (AvgIpc) is 2.80. The Kier molecular flexibility index (Phi) is 7.35. The SMILES string of the molecule is O=C(NNc1ncnc(NNC(=O)c2ccccc2[N+](=O)[O-])c1[N+](=O)[O-])c1ccc(Cl)cc1Cl. The van der Waals surface area contributed by atoms with Gasteiger partial charge < -0.3 is 0 Å². The number of nitro groups is 2. The van der Waals surface area contributed by atoms with Gasteiger partial charge in [-0.05, 0) is 24.3 Å². The maximum absolute atomic E-state index is 12.4. The quantitative estimate of drug-likeness (QED) is 0.260. The molecule has 3 aromatic rings. The molecule has 0 saturated heterocycles. The molecule has 0 aliphatic carbocycles. The van der Waals surface area contributed by atoms with Crippen LogP contribution in [-0.4, -0.2) is 31.6 Å². The third-order valence-corrected chi connectivity index (χ3v) is 4.66. The van der Waals surface area contributed by atoms with Gasteiger partial charge in [-0.2, -0.15) is 0 Å². The minimum absolute atomic E-state index is 0.0327. The molecule has 0 fully saturated rings. The van der Waals surface area contributed by atoms with Crippen molar-refractivity contribution in [1.29, 1.82) is 0 Å². The average molecular weight is 507 g/mol. The highest BCUT2D eigenvalue weighted by atomic mass is 35.5. The summed E-state index contributed by atoms with van der Waals surface area (Å²) >= 11 is 11.8. The van der Waals surface area contributed by atoms with Gasteiger partial charge in [-0.25, -0.2) is 9.97 Å². The van der Waals surface area contributed by atoms with Crippen molar-refractivity contribution in [1.82, 2.24) is 20.8 Å². The summed E-state index contributed by atoms with van der Waals surface area (Å²) in [5.74, 6) is -2.58. The summed E-state index contributed by atoms with van der Waals surface area (Å²) in [7, 11) is 0.